The number of thiophene rings is 1. The van der Waals surface area contributed by atoms with Gasteiger partial charge in [0.05, 0.1) is 0 Å². The molecule has 0 fully saturated rings. The van der Waals surface area contributed by atoms with Crippen molar-refractivity contribution in [2.45, 2.75) is 26.7 Å². The summed E-state index contributed by atoms with van der Waals surface area (Å²) in [6, 6.07) is 13.1. The standard InChI is InChI=1S/C18H24BrNS/c1-14(2)12-20-13-16(11-18-7-4-8-21-18)9-15-5-3-6-17(19)10-15/h3-8,10,14,16,20H,9,11-13H2,1-2H3. The number of rotatable bonds is 8. The zero-order valence-corrected chi connectivity index (χ0v) is 15.2. The normalized spacial score (nSPS) is 12.8. The fourth-order valence-electron chi connectivity index (χ4n) is 2.50. The Morgan fingerprint density at radius 3 is 2.62 bits per heavy atom. The van der Waals surface area contributed by atoms with Gasteiger partial charge in [-0.25, -0.2) is 0 Å². The van der Waals surface area contributed by atoms with Gasteiger partial charge in [-0.05, 0) is 66.9 Å². The van der Waals surface area contributed by atoms with Gasteiger partial charge in [0.25, 0.3) is 0 Å². The lowest BCUT2D eigenvalue weighted by atomic mass is 9.95. The first-order valence-electron chi connectivity index (χ1n) is 7.61. The quantitative estimate of drug-likeness (QED) is 0.681. The summed E-state index contributed by atoms with van der Waals surface area (Å²) in [7, 11) is 0. The second-order valence-corrected chi connectivity index (χ2v) is 7.98. The van der Waals surface area contributed by atoms with Gasteiger partial charge in [-0.1, -0.05) is 48.0 Å². The highest BCUT2D eigenvalue weighted by Gasteiger charge is 2.12. The Morgan fingerprint density at radius 2 is 1.95 bits per heavy atom. The Hall–Kier alpha value is -0.640. The number of nitrogens with one attached hydrogen (secondary N) is 1. The van der Waals surface area contributed by atoms with Crippen LogP contribution >= 0.6 is 27.3 Å². The van der Waals surface area contributed by atoms with Crippen LogP contribution in [-0.4, -0.2) is 13.1 Å². The minimum Gasteiger partial charge on any atom is -0.316 e. The lowest BCUT2D eigenvalue weighted by Crippen LogP contribution is -2.28. The van der Waals surface area contributed by atoms with Crippen molar-refractivity contribution in [3.63, 3.8) is 0 Å². The molecule has 0 spiro atoms. The number of hydrogen-bond acceptors (Lipinski definition) is 2. The second-order valence-electron chi connectivity index (χ2n) is 6.04. The summed E-state index contributed by atoms with van der Waals surface area (Å²) in [5, 5.41) is 5.80. The first-order chi connectivity index (χ1) is 10.1. The van der Waals surface area contributed by atoms with Crippen molar-refractivity contribution in [2.75, 3.05) is 13.1 Å². The molecule has 1 nitrogen and oxygen atoms in total. The SMILES string of the molecule is CC(C)CNCC(Cc1cccc(Br)c1)Cc1cccs1. The van der Waals surface area contributed by atoms with Crippen molar-refractivity contribution in [1.82, 2.24) is 5.32 Å². The Kier molecular flexibility index (Phi) is 6.94. The van der Waals surface area contributed by atoms with E-state index in [1.807, 2.05) is 11.3 Å². The molecule has 0 bridgehead atoms. The first-order valence-corrected chi connectivity index (χ1v) is 9.28. The van der Waals surface area contributed by atoms with Crippen molar-refractivity contribution < 1.29 is 0 Å². The van der Waals surface area contributed by atoms with Gasteiger partial charge in [0.15, 0.2) is 0 Å². The van der Waals surface area contributed by atoms with Crippen LogP contribution in [0.5, 0.6) is 0 Å². The summed E-state index contributed by atoms with van der Waals surface area (Å²) >= 11 is 5.44. The fourth-order valence-corrected chi connectivity index (χ4v) is 3.77. The molecule has 2 rings (SSSR count). The predicted molar refractivity (Wildman–Crippen MR) is 97.1 cm³/mol. The molecule has 1 atom stereocenters. The van der Waals surface area contributed by atoms with Gasteiger partial charge < -0.3 is 5.32 Å². The van der Waals surface area contributed by atoms with E-state index in [4.69, 9.17) is 0 Å². The van der Waals surface area contributed by atoms with Crippen LogP contribution in [0.15, 0.2) is 46.3 Å². The molecule has 0 saturated heterocycles. The molecular formula is C18H24BrNS. The van der Waals surface area contributed by atoms with Gasteiger partial charge in [0, 0.05) is 9.35 Å². The summed E-state index contributed by atoms with van der Waals surface area (Å²) in [6.45, 7) is 6.70. The molecule has 114 valence electrons. The fraction of sp³-hybridized carbons (Fsp3) is 0.444. The van der Waals surface area contributed by atoms with Crippen molar-refractivity contribution in [1.29, 1.82) is 0 Å². The molecule has 1 N–H and O–H groups in total. The van der Waals surface area contributed by atoms with Crippen LogP contribution in [0.25, 0.3) is 0 Å². The lowest BCUT2D eigenvalue weighted by Gasteiger charge is -2.18. The van der Waals surface area contributed by atoms with E-state index in [0.29, 0.717) is 11.8 Å². The summed E-state index contributed by atoms with van der Waals surface area (Å²) < 4.78 is 1.17. The van der Waals surface area contributed by atoms with E-state index in [-0.39, 0.29) is 0 Å². The third kappa shape index (κ3) is 6.33. The Morgan fingerprint density at radius 1 is 1.10 bits per heavy atom. The van der Waals surface area contributed by atoms with Crippen LogP contribution in [-0.2, 0) is 12.8 Å². The van der Waals surface area contributed by atoms with E-state index in [1.54, 1.807) is 0 Å². The molecule has 1 heterocycles. The van der Waals surface area contributed by atoms with E-state index in [1.165, 1.54) is 14.9 Å². The van der Waals surface area contributed by atoms with Gasteiger partial charge in [-0.15, -0.1) is 11.3 Å². The van der Waals surface area contributed by atoms with Crippen molar-refractivity contribution in [3.05, 3.63) is 56.7 Å². The zero-order chi connectivity index (χ0) is 15.1. The van der Waals surface area contributed by atoms with Gasteiger partial charge in [-0.2, -0.15) is 0 Å². The van der Waals surface area contributed by atoms with Crippen LogP contribution in [0.4, 0.5) is 0 Å². The highest BCUT2D eigenvalue weighted by Crippen LogP contribution is 2.20. The summed E-state index contributed by atoms with van der Waals surface area (Å²) in [6.07, 6.45) is 2.29. The number of benzene rings is 1. The summed E-state index contributed by atoms with van der Waals surface area (Å²) in [5.74, 6) is 1.36. The molecule has 0 aliphatic heterocycles. The molecular weight excluding hydrogens is 342 g/mol. The van der Waals surface area contributed by atoms with Crippen LogP contribution in [0.2, 0.25) is 0 Å². The highest BCUT2D eigenvalue weighted by molar-refractivity contribution is 9.10. The Labute approximate surface area is 140 Å². The maximum Gasteiger partial charge on any atom is 0.0177 e. The highest BCUT2D eigenvalue weighted by atomic mass is 79.9. The molecule has 1 aromatic heterocycles. The predicted octanol–water partition coefficient (Wildman–Crippen LogP) is 5.16. The van der Waals surface area contributed by atoms with Crippen LogP contribution < -0.4 is 5.32 Å². The van der Waals surface area contributed by atoms with Crippen molar-refractivity contribution in [2.24, 2.45) is 11.8 Å². The van der Waals surface area contributed by atoms with E-state index < -0.39 is 0 Å². The molecule has 0 aliphatic carbocycles. The van der Waals surface area contributed by atoms with Gasteiger partial charge in [-0.3, -0.25) is 0 Å². The molecule has 3 heteroatoms. The molecule has 0 radical (unpaired) electrons. The molecule has 0 aliphatic rings. The second kappa shape index (κ2) is 8.72. The summed E-state index contributed by atoms with van der Waals surface area (Å²) in [5.41, 5.74) is 1.41. The van der Waals surface area contributed by atoms with Crippen LogP contribution in [0.1, 0.15) is 24.3 Å². The molecule has 2 aromatic rings. The molecule has 1 aromatic carbocycles. The number of hydrogen-bond donors (Lipinski definition) is 1. The topological polar surface area (TPSA) is 12.0 Å². The smallest absolute Gasteiger partial charge is 0.0177 e. The Balaban J connectivity index is 1.96. The monoisotopic (exact) mass is 365 g/mol. The largest absolute Gasteiger partial charge is 0.316 e. The third-order valence-electron chi connectivity index (χ3n) is 3.47. The summed E-state index contributed by atoms with van der Waals surface area (Å²) in [4.78, 5) is 1.49. The van der Waals surface area contributed by atoms with E-state index in [0.717, 1.165) is 25.9 Å². The lowest BCUT2D eigenvalue weighted by molar-refractivity contribution is 0.447. The molecule has 1 unspecified atom stereocenters. The average molecular weight is 366 g/mol. The van der Waals surface area contributed by atoms with E-state index >= 15 is 0 Å². The maximum atomic E-state index is 3.63. The van der Waals surface area contributed by atoms with Gasteiger partial charge in [0.2, 0.25) is 0 Å². The minimum atomic E-state index is 0.650. The molecule has 0 saturated carbocycles. The van der Waals surface area contributed by atoms with Crippen LogP contribution in [0, 0.1) is 11.8 Å². The van der Waals surface area contributed by atoms with E-state index in [2.05, 4.69) is 76.9 Å². The van der Waals surface area contributed by atoms with Gasteiger partial charge >= 0.3 is 0 Å². The first kappa shape index (κ1) is 16.7. The van der Waals surface area contributed by atoms with E-state index in [9.17, 15) is 0 Å². The van der Waals surface area contributed by atoms with Gasteiger partial charge in [0.1, 0.15) is 0 Å². The van der Waals surface area contributed by atoms with Crippen molar-refractivity contribution >= 4 is 27.3 Å². The number of halogens is 1. The zero-order valence-electron chi connectivity index (χ0n) is 12.8. The minimum absolute atomic E-state index is 0.650. The third-order valence-corrected chi connectivity index (χ3v) is 4.86. The molecule has 0 amide bonds. The average Bonchev–Trinajstić information content (AvgIpc) is 2.91. The maximum absolute atomic E-state index is 3.63. The van der Waals surface area contributed by atoms with Crippen molar-refractivity contribution in [3.8, 4) is 0 Å². The Bertz CT molecular complexity index is 522. The van der Waals surface area contributed by atoms with Crippen LogP contribution in [0.3, 0.4) is 0 Å². The molecule has 21 heavy (non-hydrogen) atoms.